The summed E-state index contributed by atoms with van der Waals surface area (Å²) in [4.78, 5) is 110. The zero-order chi connectivity index (χ0) is 103. The Hall–Kier alpha value is -12.5. The Bertz CT molecular complexity index is 6550. The van der Waals surface area contributed by atoms with Gasteiger partial charge in [-0.15, -0.1) is 5.06 Å². The average molecular weight is 1990 g/mol. The molecule has 2 atom stereocenters. The van der Waals surface area contributed by atoms with Crippen LogP contribution < -0.4 is 35.2 Å². The SMILES string of the molecule is Cc1ccc2c(c1)C(C)(C)C(=CC=CC=CC1=[N+](CCCCCC(=O)NCCN3C(=O)C=CC3=O)c3ccc(S(=O)(=O)O)cc3C1(C)C)N2CCOCCNC(=O)C1(C)CCc2c(C)c(O)c(C)c(C)c2O1.Cc1ccc2c(c1)C(C)(C)C(=CC=CC=CC1=[N+](CCCCCC(=O)ON3C(=O)CCC3=O)c3ccc(S(=O)(=O)O)cc3C1(C)C)N2CCOCCNC(=O)C1(C)CCc2c(C)c(O)c(C)c(C)c2O1. The number of anilines is 2. The summed E-state index contributed by atoms with van der Waals surface area (Å²) in [6.45, 7) is 40.8. The van der Waals surface area contributed by atoms with Crippen molar-refractivity contribution in [2.75, 3.05) is 88.6 Å². The van der Waals surface area contributed by atoms with Gasteiger partial charge in [0.1, 0.15) is 36.1 Å². The van der Waals surface area contributed by atoms with E-state index >= 15 is 0 Å². The molecule has 8 aliphatic heterocycles. The number of unbranched alkanes of at least 4 members (excludes halogenated alkanes) is 4. The topological polar surface area (TPSA) is 387 Å². The number of phenolic OH excluding ortho intramolecular Hbond substituents is 2. The maximum Gasteiger partial charge on any atom is 0.333 e. The molecule has 0 radical (unpaired) electrons. The molecule has 142 heavy (non-hydrogen) atoms. The predicted molar refractivity (Wildman–Crippen MR) is 544 cm³/mol. The first-order valence-corrected chi connectivity index (χ1v) is 51.8. The summed E-state index contributed by atoms with van der Waals surface area (Å²) in [5.41, 5.74) is 16.9. The number of carbonyl (C=O) groups is 8. The molecule has 0 spiro atoms. The molecule has 8 heterocycles. The van der Waals surface area contributed by atoms with Crippen molar-refractivity contribution in [2.24, 2.45) is 0 Å². The quantitative estimate of drug-likeness (QED) is 0.00622. The summed E-state index contributed by atoms with van der Waals surface area (Å²) in [6, 6.07) is 22.3. The van der Waals surface area contributed by atoms with E-state index in [-0.39, 0.29) is 94.0 Å². The third-order valence-corrected chi connectivity index (χ3v) is 30.9. The third-order valence-electron chi connectivity index (χ3n) is 29.2. The number of allylic oxidation sites excluding steroid dienone is 12. The number of benzene rings is 6. The minimum atomic E-state index is -4.45. The molecule has 32 heteroatoms. The van der Waals surface area contributed by atoms with Gasteiger partial charge in [-0.2, -0.15) is 26.0 Å². The van der Waals surface area contributed by atoms with E-state index in [2.05, 4.69) is 125 Å². The van der Waals surface area contributed by atoms with Crippen LogP contribution in [0.15, 0.2) is 167 Å². The van der Waals surface area contributed by atoms with Gasteiger partial charge in [0.2, 0.25) is 17.3 Å². The minimum absolute atomic E-state index is 0.0301. The number of hydrogen-bond acceptors (Lipinski definition) is 21. The molecule has 8 aliphatic rings. The molecule has 6 aromatic carbocycles. The Balaban J connectivity index is 0.000000239. The van der Waals surface area contributed by atoms with Crippen LogP contribution in [-0.4, -0.2) is 204 Å². The van der Waals surface area contributed by atoms with Gasteiger partial charge >= 0.3 is 5.97 Å². The van der Waals surface area contributed by atoms with Crippen LogP contribution in [0.1, 0.15) is 224 Å². The Morgan fingerprint density at radius 3 is 1.27 bits per heavy atom. The van der Waals surface area contributed by atoms with Crippen LogP contribution in [0.3, 0.4) is 0 Å². The second-order valence-electron chi connectivity index (χ2n) is 40.5. The molecule has 0 aliphatic carbocycles. The number of aryl methyl sites for hydroxylation is 2. The number of amides is 7. The number of hydroxylamine groups is 2. The van der Waals surface area contributed by atoms with Gasteiger partial charge in [0, 0.05) is 183 Å². The molecule has 758 valence electrons. The second kappa shape index (κ2) is 43.4. The van der Waals surface area contributed by atoms with Crippen molar-refractivity contribution in [1.82, 2.24) is 25.9 Å². The molecule has 14 rings (SSSR count). The van der Waals surface area contributed by atoms with Crippen LogP contribution in [-0.2, 0) is 107 Å². The summed E-state index contributed by atoms with van der Waals surface area (Å²) in [5.74, 6) is -1.09. The van der Waals surface area contributed by atoms with Crippen LogP contribution in [0.25, 0.3) is 0 Å². The summed E-state index contributed by atoms with van der Waals surface area (Å²) in [6.07, 6.45) is 29.2. The van der Waals surface area contributed by atoms with Crippen molar-refractivity contribution in [3.63, 3.8) is 0 Å². The number of nitrogens with one attached hydrogen (secondary N) is 3. The van der Waals surface area contributed by atoms with Gasteiger partial charge in [0.05, 0.1) is 47.0 Å². The first-order chi connectivity index (χ1) is 66.9. The van der Waals surface area contributed by atoms with Crippen molar-refractivity contribution < 1.29 is 107 Å². The van der Waals surface area contributed by atoms with Gasteiger partial charge in [-0.25, -0.2) is 4.79 Å². The highest BCUT2D eigenvalue weighted by Gasteiger charge is 2.50. The van der Waals surface area contributed by atoms with Crippen LogP contribution in [0, 0.1) is 55.4 Å². The van der Waals surface area contributed by atoms with Gasteiger partial charge in [-0.1, -0.05) is 99.5 Å². The monoisotopic (exact) mass is 1980 g/mol. The van der Waals surface area contributed by atoms with E-state index in [1.54, 1.807) is 18.2 Å². The molecule has 0 saturated carbocycles. The summed E-state index contributed by atoms with van der Waals surface area (Å²) < 4.78 is 98.0. The van der Waals surface area contributed by atoms with E-state index in [1.165, 1.54) is 47.0 Å². The second-order valence-corrected chi connectivity index (χ2v) is 43.3. The van der Waals surface area contributed by atoms with E-state index < -0.39 is 60.1 Å². The Kier molecular flexibility index (Phi) is 32.6. The number of imide groups is 2. The highest BCUT2D eigenvalue weighted by atomic mass is 32.2. The molecule has 1 saturated heterocycles. The highest BCUT2D eigenvalue weighted by molar-refractivity contribution is 7.86. The van der Waals surface area contributed by atoms with Crippen LogP contribution >= 0.6 is 0 Å². The van der Waals surface area contributed by atoms with Crippen molar-refractivity contribution in [3.05, 3.63) is 235 Å². The van der Waals surface area contributed by atoms with Crippen molar-refractivity contribution in [3.8, 4) is 23.0 Å². The summed E-state index contributed by atoms with van der Waals surface area (Å²) in [5, 5.41) is 30.5. The van der Waals surface area contributed by atoms with Crippen molar-refractivity contribution in [1.29, 1.82) is 0 Å². The largest absolute Gasteiger partial charge is 0.507 e. The predicted octanol–water partition coefficient (Wildman–Crippen LogP) is 15.7. The molecule has 0 bridgehead atoms. The number of nitrogens with zero attached hydrogens (tertiary/aromatic N) is 6. The normalized spacial score (nSPS) is 19.7. The van der Waals surface area contributed by atoms with E-state index in [0.29, 0.717) is 140 Å². The molecule has 30 nitrogen and oxygen atoms in total. The van der Waals surface area contributed by atoms with Gasteiger partial charge in [0.25, 0.3) is 55.7 Å². The zero-order valence-electron chi connectivity index (χ0n) is 85.0. The summed E-state index contributed by atoms with van der Waals surface area (Å²) >= 11 is 0. The molecule has 6 aromatic rings. The molecule has 1 fully saturated rings. The van der Waals surface area contributed by atoms with Gasteiger partial charge in [-0.3, -0.25) is 47.6 Å². The fourth-order valence-electron chi connectivity index (χ4n) is 20.4. The molecule has 0 aromatic heterocycles. The fraction of sp³-hybridized carbons (Fsp3) is 0.455. The van der Waals surface area contributed by atoms with Gasteiger partial charge < -0.3 is 59.7 Å². The first-order valence-electron chi connectivity index (χ1n) is 49.0. The number of rotatable bonds is 38. The lowest BCUT2D eigenvalue weighted by molar-refractivity contribution is -0.438. The maximum absolute atomic E-state index is 13.5. The molecular weight excluding hydrogens is 1850 g/mol. The average Bonchev–Trinajstić information content (AvgIpc) is 1.55. The fourth-order valence-corrected chi connectivity index (χ4v) is 21.4. The lowest BCUT2D eigenvalue weighted by atomic mass is 9.81. The number of ether oxygens (including phenoxy) is 4. The highest BCUT2D eigenvalue weighted by Crippen LogP contribution is 2.52. The number of fused-ring (bicyclic) bond motifs is 6. The number of hydrogen-bond donors (Lipinski definition) is 7. The lowest BCUT2D eigenvalue weighted by Gasteiger charge is -2.36. The molecule has 2 unspecified atom stereocenters. The minimum Gasteiger partial charge on any atom is -0.507 e. The lowest BCUT2D eigenvalue weighted by Crippen LogP contribution is -2.51. The Labute approximate surface area is 833 Å². The standard InChI is InChI=1S/C56H69N5O10S.C54H66N4O11S/c1-36-19-21-44-42(34-36)54(5,6)47(60(44)31-33-70-32-28-58-53(66)56(9)26-25-41-39(4)51(65)37(2)38(3)52(41)71-56)17-13-10-12-16-46-55(7,8)43-35-40(72(67,68)69)20-22-45(43)59(46)29-15-11-14-18-48(62)57-27-30-61-49(63)23-24-50(61)64;1-34-19-21-42-40(32-34)52(5,6)45(57(42)29-31-67-30-27-55-51(63)54(9)26-25-39-37(4)49(62)35(2)36(3)50(39)68-54)17-13-10-12-16-44-53(7,8)41-33-38(70(64,65)66)20-22-43(41)56(44)28-15-11-14-18-48(61)69-58-46(59)23-24-47(58)60/h10,12-13,16-17,19-24,34-35H,11,14-15,18,25-33H2,1-9H3,(H3-,57,58,62,65,66,67,68,69);10,12-13,16-17,19-22,32-33H,11,14-15,18,23-31H2,1-9H3,(H2-,55,62,63,64,65,66)/p+2. The number of aromatic hydroxyl groups is 2. The van der Waals surface area contributed by atoms with Crippen LogP contribution in [0.4, 0.5) is 22.7 Å². The first kappa shape index (κ1) is 107. The van der Waals surface area contributed by atoms with Gasteiger partial charge in [-0.05, 0) is 229 Å². The number of carbonyl (C=O) groups excluding carboxylic acids is 8. The third kappa shape index (κ3) is 22.8. The maximum atomic E-state index is 13.5. The van der Waals surface area contributed by atoms with Crippen LogP contribution in [0.5, 0.6) is 23.0 Å². The summed E-state index contributed by atoms with van der Waals surface area (Å²) in [7, 11) is -8.88. The Morgan fingerprint density at radius 1 is 0.444 bits per heavy atom. The molecule has 7 amide bonds. The van der Waals surface area contributed by atoms with Crippen molar-refractivity contribution >= 4 is 102 Å². The van der Waals surface area contributed by atoms with E-state index in [0.717, 1.165) is 125 Å². The molecular formula is C110H137N9O21S2+2. The van der Waals surface area contributed by atoms with Gasteiger partial charge in [0.15, 0.2) is 22.6 Å². The van der Waals surface area contributed by atoms with Crippen molar-refractivity contribution in [2.45, 2.75) is 257 Å². The number of phenols is 2. The van der Waals surface area contributed by atoms with E-state index in [9.17, 15) is 74.5 Å². The Morgan fingerprint density at radius 2 is 0.859 bits per heavy atom. The molecule has 7 N–H and O–H groups in total. The van der Waals surface area contributed by atoms with E-state index in [1.807, 2.05) is 132 Å². The zero-order valence-corrected chi connectivity index (χ0v) is 86.6. The van der Waals surface area contributed by atoms with Crippen LogP contribution in [0.2, 0.25) is 0 Å². The smallest absolute Gasteiger partial charge is 0.333 e. The van der Waals surface area contributed by atoms with E-state index in [4.69, 9.17) is 23.8 Å².